The zero-order chi connectivity index (χ0) is 29.3. The summed E-state index contributed by atoms with van der Waals surface area (Å²) < 4.78 is 27.9. The summed E-state index contributed by atoms with van der Waals surface area (Å²) in [5.74, 6) is -0.564. The van der Waals surface area contributed by atoms with Crippen molar-refractivity contribution in [3.05, 3.63) is 23.8 Å². The number of carboxylic acids is 1. The first-order chi connectivity index (χ1) is 19.0. The van der Waals surface area contributed by atoms with E-state index in [-0.39, 0.29) is 52.7 Å². The standard InChI is InChI=1S/C28H47IN4O6S/c1-6-7-15-31(16-9-8-13-29-33(2,3)4)26(34)19-32-18-22(21-10-11-24-25(17-21)39-20-38-24)27(28(35)36)23(32)12-14-30-40(5)37/h10-11,17,22-23,27,30H,6-9,12-16,18-20H2,1-5H3,(H,35,36)/t22-,23+,27-,40?/m1/s1. The zero-order valence-corrected chi connectivity index (χ0v) is 27.5. The molecule has 0 saturated carbocycles. The van der Waals surface area contributed by atoms with Gasteiger partial charge < -0.3 is 9.47 Å². The summed E-state index contributed by atoms with van der Waals surface area (Å²) in [5, 5.41) is 10.4. The Morgan fingerprint density at radius 3 is 2.58 bits per heavy atom. The average molecular weight is 695 g/mol. The SMILES string of the molecule is CCCCN(CCCC[I-][N+](C)(C)C)C(=O)CN1C[C@H](c2ccc3c(c2)OCO3)[C@@H](C(=O)O)[C@@H]1CCNS(C)=O. The fourth-order valence-electron chi connectivity index (χ4n) is 5.38. The summed E-state index contributed by atoms with van der Waals surface area (Å²) in [4.78, 5) is 30.3. The number of quaternary nitrogens is 1. The maximum atomic E-state index is 13.7. The van der Waals surface area contributed by atoms with E-state index < -0.39 is 22.9 Å². The molecule has 2 heterocycles. The summed E-state index contributed by atoms with van der Waals surface area (Å²) in [7, 11) is 5.53. The van der Waals surface area contributed by atoms with Crippen LogP contribution >= 0.6 is 0 Å². The molecule has 2 aliphatic rings. The number of halogens is 1. The summed E-state index contributed by atoms with van der Waals surface area (Å²) in [6, 6.07) is 5.24. The Hall–Kier alpha value is -1.48. The number of benzene rings is 1. The van der Waals surface area contributed by atoms with Gasteiger partial charge in [0.05, 0.1) is 11.0 Å². The van der Waals surface area contributed by atoms with E-state index in [0.29, 0.717) is 31.0 Å². The van der Waals surface area contributed by atoms with Crippen molar-refractivity contribution < 1.29 is 52.6 Å². The minimum Gasteiger partial charge on any atom is -0.243 e. The van der Waals surface area contributed by atoms with Crippen LogP contribution in [0.3, 0.4) is 0 Å². The predicted octanol–water partition coefficient (Wildman–Crippen LogP) is -0.724. The van der Waals surface area contributed by atoms with Crippen molar-refractivity contribution in [2.45, 2.75) is 51.0 Å². The van der Waals surface area contributed by atoms with E-state index in [2.05, 4.69) is 32.8 Å². The number of hydrogen-bond donors (Lipinski definition) is 2. The van der Waals surface area contributed by atoms with Crippen LogP contribution in [0.1, 0.15) is 50.5 Å². The smallest absolute Gasteiger partial charge is 0.243 e. The second-order valence-corrected chi connectivity index (χ2v) is 17.2. The Kier molecular flexibility index (Phi) is 12.9. The number of unbranched alkanes of at least 4 members (excludes halogenated alkanes) is 2. The Labute approximate surface area is 252 Å². The van der Waals surface area contributed by atoms with Gasteiger partial charge in [-0.1, -0.05) is 0 Å². The van der Waals surface area contributed by atoms with Gasteiger partial charge >= 0.3 is 198 Å². The number of nitrogens with zero attached hydrogens (tertiary/aromatic N) is 3. The number of ether oxygens (including phenoxy) is 2. The molecule has 228 valence electrons. The molecule has 1 aromatic rings. The van der Waals surface area contributed by atoms with Crippen LogP contribution in [0.15, 0.2) is 18.2 Å². The molecule has 4 atom stereocenters. The fourth-order valence-corrected chi connectivity index (χ4v) is 8.11. The molecule has 3 rings (SSSR count). The summed E-state index contributed by atoms with van der Waals surface area (Å²) in [6.45, 7) is 4.79. The van der Waals surface area contributed by atoms with Crippen molar-refractivity contribution in [3.8, 4) is 11.5 Å². The fraction of sp³-hybridized carbons (Fsp3) is 0.714. The molecule has 2 aliphatic heterocycles. The van der Waals surface area contributed by atoms with Gasteiger partial charge in [0.2, 0.25) is 6.79 Å². The minimum absolute atomic E-state index is 0.0576. The monoisotopic (exact) mass is 694 g/mol. The van der Waals surface area contributed by atoms with E-state index in [1.165, 1.54) is 4.43 Å². The molecule has 1 amide bonds. The van der Waals surface area contributed by atoms with E-state index >= 15 is 0 Å². The van der Waals surface area contributed by atoms with Gasteiger partial charge in [0, 0.05) is 6.26 Å². The number of hydrogen-bond acceptors (Lipinski definition) is 6. The van der Waals surface area contributed by atoms with E-state index in [1.807, 2.05) is 28.0 Å². The molecule has 0 spiro atoms. The molecule has 1 fully saturated rings. The van der Waals surface area contributed by atoms with E-state index in [9.17, 15) is 18.9 Å². The summed E-state index contributed by atoms with van der Waals surface area (Å²) >= 11 is 0.0773. The van der Waals surface area contributed by atoms with Crippen molar-refractivity contribution in [3.63, 3.8) is 0 Å². The molecule has 2 N–H and O–H groups in total. The topological polar surface area (TPSA) is 108 Å². The quantitative estimate of drug-likeness (QED) is 0.0960. The average Bonchev–Trinajstić information content (AvgIpc) is 3.49. The van der Waals surface area contributed by atoms with E-state index in [4.69, 9.17) is 9.47 Å². The van der Waals surface area contributed by atoms with Gasteiger partial charge in [-0.05, 0) is 6.07 Å². The molecule has 10 nitrogen and oxygen atoms in total. The van der Waals surface area contributed by atoms with Crippen LogP contribution < -0.4 is 35.7 Å². The number of fused-ring (bicyclic) bond motifs is 1. The second-order valence-electron chi connectivity index (χ2n) is 11.3. The van der Waals surface area contributed by atoms with Gasteiger partial charge in [0.25, 0.3) is 0 Å². The van der Waals surface area contributed by atoms with Crippen molar-refractivity contribution in [1.29, 1.82) is 0 Å². The molecule has 1 unspecified atom stereocenters. The Morgan fingerprint density at radius 2 is 1.90 bits per heavy atom. The van der Waals surface area contributed by atoms with Crippen LogP contribution in [0, 0.1) is 5.92 Å². The van der Waals surface area contributed by atoms with Crippen LogP contribution in [0.25, 0.3) is 0 Å². The number of carbonyl (C=O) groups is 2. The molecular weight excluding hydrogens is 647 g/mol. The molecule has 0 aliphatic carbocycles. The number of nitrogens with one attached hydrogen (secondary N) is 1. The number of likely N-dealkylation sites (tertiary alicyclic amines) is 1. The number of aliphatic carboxylic acids is 1. The number of rotatable bonds is 17. The minimum atomic E-state index is -1.20. The third-order valence-corrected chi connectivity index (χ3v) is 11.2. The molecule has 12 heteroatoms. The third-order valence-electron chi connectivity index (χ3n) is 7.33. The van der Waals surface area contributed by atoms with Gasteiger partial charge in [0.15, 0.2) is 11.5 Å². The molecule has 0 radical (unpaired) electrons. The Bertz CT molecular complexity index is 1020. The Morgan fingerprint density at radius 1 is 1.18 bits per heavy atom. The van der Waals surface area contributed by atoms with Gasteiger partial charge in [-0.3, -0.25) is 0 Å². The van der Waals surface area contributed by atoms with E-state index in [0.717, 1.165) is 47.0 Å². The third kappa shape index (κ3) is 9.81. The molecule has 40 heavy (non-hydrogen) atoms. The van der Waals surface area contributed by atoms with Crippen LogP contribution in [-0.4, -0.2) is 111 Å². The first kappa shape index (κ1) is 33.0. The van der Waals surface area contributed by atoms with Crippen LogP contribution in [0.5, 0.6) is 11.5 Å². The van der Waals surface area contributed by atoms with Gasteiger partial charge in [-0.2, -0.15) is 0 Å². The molecule has 0 aromatic heterocycles. The maximum absolute atomic E-state index is 13.7. The first-order valence-corrected chi connectivity index (χ1v) is 18.2. The molecule has 1 aromatic carbocycles. The predicted molar refractivity (Wildman–Crippen MR) is 152 cm³/mol. The number of amides is 1. The Balaban J connectivity index is 1.75. The number of alkyl halides is 1. The van der Waals surface area contributed by atoms with Gasteiger partial charge in [0.1, 0.15) is 0 Å². The second kappa shape index (κ2) is 15.7. The van der Waals surface area contributed by atoms with Crippen molar-refractivity contribution in [2.24, 2.45) is 5.92 Å². The van der Waals surface area contributed by atoms with Crippen molar-refractivity contribution in [2.75, 3.05) is 71.3 Å². The number of carboxylic acid groups (broad SMARTS) is 1. The van der Waals surface area contributed by atoms with E-state index in [1.54, 1.807) is 6.26 Å². The van der Waals surface area contributed by atoms with Crippen LogP contribution in [0.4, 0.5) is 0 Å². The number of carbonyl (C=O) groups excluding carboxylic acids is 1. The van der Waals surface area contributed by atoms with Crippen LogP contribution in [-0.2, 0) is 20.6 Å². The summed E-state index contributed by atoms with van der Waals surface area (Å²) in [5.41, 5.74) is 0.868. The molecular formula is C28H47IN4O6S. The molecule has 1 saturated heterocycles. The van der Waals surface area contributed by atoms with Crippen LogP contribution in [0.2, 0.25) is 0 Å². The van der Waals surface area contributed by atoms with Gasteiger partial charge in [-0.15, -0.1) is 0 Å². The zero-order valence-electron chi connectivity index (χ0n) is 24.6. The first-order valence-electron chi connectivity index (χ1n) is 14.1. The van der Waals surface area contributed by atoms with Crippen molar-refractivity contribution >= 4 is 22.9 Å². The molecule has 0 bridgehead atoms. The van der Waals surface area contributed by atoms with Crippen molar-refractivity contribution in [1.82, 2.24) is 14.5 Å². The normalized spacial score (nSPS) is 21.6. The van der Waals surface area contributed by atoms with Gasteiger partial charge in [-0.25, -0.2) is 4.21 Å². The summed E-state index contributed by atoms with van der Waals surface area (Å²) in [6.07, 6.45) is 6.12.